The molecule has 0 atom stereocenters. The number of aliphatic imine (C=N–C) groups is 1. The minimum Gasteiger partial charge on any atom is -0.481 e. The number of carbonyl (C=O) groups is 1. The predicted octanol–water partition coefficient (Wildman–Crippen LogP) is 0.925. The summed E-state index contributed by atoms with van der Waals surface area (Å²) in [5.41, 5.74) is 8.11. The van der Waals surface area contributed by atoms with Gasteiger partial charge in [0.15, 0.2) is 6.61 Å². The number of aliphatic carboxylic acids is 1. The Morgan fingerprint density at radius 3 is 3.06 bits per heavy atom. The van der Waals surface area contributed by atoms with Crippen molar-refractivity contribution in [3.05, 3.63) is 41.6 Å². The zero-order valence-corrected chi connectivity index (χ0v) is 9.14. The van der Waals surface area contributed by atoms with E-state index in [2.05, 4.69) is 11.6 Å². The summed E-state index contributed by atoms with van der Waals surface area (Å²) in [6.07, 6.45) is 0.598. The highest BCUT2D eigenvalue weighted by Crippen LogP contribution is 2.27. The average molecular weight is 232 g/mol. The monoisotopic (exact) mass is 232 g/mol. The van der Waals surface area contributed by atoms with E-state index in [4.69, 9.17) is 15.6 Å². The number of amidine groups is 1. The van der Waals surface area contributed by atoms with Gasteiger partial charge in [0.25, 0.3) is 0 Å². The fourth-order valence-corrected chi connectivity index (χ4v) is 1.76. The van der Waals surface area contributed by atoms with E-state index in [-0.39, 0.29) is 0 Å². The van der Waals surface area contributed by atoms with Gasteiger partial charge in [0.05, 0.1) is 5.56 Å². The van der Waals surface area contributed by atoms with Gasteiger partial charge in [-0.25, -0.2) is 9.79 Å². The number of nitrogens with two attached hydrogens (primary N) is 1. The fourth-order valence-electron chi connectivity index (χ4n) is 1.76. The smallest absolute Gasteiger partial charge is 0.341 e. The van der Waals surface area contributed by atoms with Crippen LogP contribution in [-0.4, -0.2) is 23.5 Å². The molecule has 0 aliphatic carbocycles. The summed E-state index contributed by atoms with van der Waals surface area (Å²) >= 11 is 0. The Labute approximate surface area is 98.2 Å². The molecule has 0 fully saturated rings. The fraction of sp³-hybridized carbons (Fsp3) is 0.167. The van der Waals surface area contributed by atoms with E-state index in [0.717, 1.165) is 5.56 Å². The minimum atomic E-state index is -1.03. The van der Waals surface area contributed by atoms with Crippen molar-refractivity contribution in [3.63, 3.8) is 0 Å². The molecule has 1 aromatic rings. The van der Waals surface area contributed by atoms with Crippen LogP contribution in [-0.2, 0) is 11.2 Å². The highest BCUT2D eigenvalue weighted by molar-refractivity contribution is 6.03. The number of rotatable bonds is 3. The lowest BCUT2D eigenvalue weighted by Gasteiger charge is -2.18. The van der Waals surface area contributed by atoms with E-state index in [0.29, 0.717) is 29.3 Å². The molecule has 1 heterocycles. The summed E-state index contributed by atoms with van der Waals surface area (Å²) in [4.78, 5) is 14.6. The lowest BCUT2D eigenvalue weighted by atomic mass is 9.99. The second-order valence-corrected chi connectivity index (χ2v) is 3.71. The molecular formula is C12H12N2O3. The third-order valence-electron chi connectivity index (χ3n) is 2.39. The first-order chi connectivity index (χ1) is 8.08. The van der Waals surface area contributed by atoms with Crippen LogP contribution in [0.1, 0.15) is 11.1 Å². The molecule has 5 nitrogen and oxygen atoms in total. The number of nitrogens with zero attached hydrogens (tertiary/aromatic N) is 1. The van der Waals surface area contributed by atoms with Gasteiger partial charge in [-0.15, -0.1) is 0 Å². The molecule has 1 aliphatic heterocycles. The molecule has 88 valence electrons. The van der Waals surface area contributed by atoms with Gasteiger partial charge in [0.2, 0.25) is 0 Å². The van der Waals surface area contributed by atoms with E-state index in [1.54, 1.807) is 12.1 Å². The van der Waals surface area contributed by atoms with Crippen molar-refractivity contribution in [2.24, 2.45) is 10.7 Å². The van der Waals surface area contributed by atoms with Crippen LogP contribution in [0.25, 0.3) is 0 Å². The number of carboxylic acid groups (broad SMARTS) is 1. The number of hydrogen-bond acceptors (Lipinski definition) is 4. The van der Waals surface area contributed by atoms with Crippen molar-refractivity contribution in [3.8, 4) is 5.75 Å². The Hall–Kier alpha value is -2.30. The normalized spacial score (nSPS) is 13.9. The van der Waals surface area contributed by atoms with Gasteiger partial charge in [-0.05, 0) is 11.6 Å². The summed E-state index contributed by atoms with van der Waals surface area (Å²) in [6, 6.07) is 5.37. The van der Waals surface area contributed by atoms with Crippen molar-refractivity contribution in [2.75, 3.05) is 6.61 Å². The number of ether oxygens (including phenoxy) is 1. The zero-order valence-electron chi connectivity index (χ0n) is 9.14. The summed E-state index contributed by atoms with van der Waals surface area (Å²) in [5.74, 6) is -0.269. The summed E-state index contributed by atoms with van der Waals surface area (Å²) in [7, 11) is 0. The Balaban J connectivity index is 2.38. The molecule has 0 saturated carbocycles. The van der Waals surface area contributed by atoms with Crippen LogP contribution in [0, 0.1) is 0 Å². The molecule has 1 aliphatic rings. The number of fused-ring (bicyclic) bond motifs is 1. The topological polar surface area (TPSA) is 84.9 Å². The summed E-state index contributed by atoms with van der Waals surface area (Å²) in [5, 5.41) is 8.59. The molecule has 0 radical (unpaired) electrons. The van der Waals surface area contributed by atoms with E-state index >= 15 is 0 Å². The first-order valence-corrected chi connectivity index (χ1v) is 5.06. The van der Waals surface area contributed by atoms with Gasteiger partial charge in [0.1, 0.15) is 11.6 Å². The van der Waals surface area contributed by atoms with E-state index in [1.807, 2.05) is 6.07 Å². The molecule has 0 spiro atoms. The quantitative estimate of drug-likeness (QED) is 0.811. The van der Waals surface area contributed by atoms with Crippen LogP contribution in [0.15, 0.2) is 35.5 Å². The summed E-state index contributed by atoms with van der Waals surface area (Å²) in [6.45, 7) is 3.37. The molecule has 0 amide bonds. The maximum atomic E-state index is 10.5. The highest BCUT2D eigenvalue weighted by Gasteiger charge is 2.18. The van der Waals surface area contributed by atoms with Crippen molar-refractivity contribution in [2.45, 2.75) is 6.42 Å². The van der Waals surface area contributed by atoms with Gasteiger partial charge in [-0.1, -0.05) is 18.7 Å². The van der Waals surface area contributed by atoms with E-state index < -0.39 is 12.6 Å². The van der Waals surface area contributed by atoms with Crippen molar-refractivity contribution >= 4 is 11.8 Å². The molecule has 0 unspecified atom stereocenters. The second-order valence-electron chi connectivity index (χ2n) is 3.71. The molecule has 5 heteroatoms. The molecule has 0 bridgehead atoms. The first kappa shape index (κ1) is 11.2. The molecule has 0 saturated heterocycles. The van der Waals surface area contributed by atoms with Crippen LogP contribution in [0.4, 0.5) is 0 Å². The zero-order chi connectivity index (χ0) is 12.4. The third kappa shape index (κ3) is 2.28. The minimum absolute atomic E-state index is 0.317. The number of carboxylic acids is 1. The van der Waals surface area contributed by atoms with Crippen molar-refractivity contribution in [1.29, 1.82) is 0 Å². The lowest BCUT2D eigenvalue weighted by molar-refractivity contribution is -0.139. The lowest BCUT2D eigenvalue weighted by Crippen LogP contribution is -2.22. The van der Waals surface area contributed by atoms with Gasteiger partial charge >= 0.3 is 5.97 Å². The molecule has 17 heavy (non-hydrogen) atoms. The molecular weight excluding hydrogens is 220 g/mol. The molecule has 1 aromatic carbocycles. The molecule has 2 rings (SSSR count). The molecule has 3 N–H and O–H groups in total. The Kier molecular flexibility index (Phi) is 2.82. The van der Waals surface area contributed by atoms with Gasteiger partial charge in [0, 0.05) is 12.1 Å². The van der Waals surface area contributed by atoms with Crippen LogP contribution in [0.5, 0.6) is 5.75 Å². The van der Waals surface area contributed by atoms with Gasteiger partial charge < -0.3 is 15.6 Å². The van der Waals surface area contributed by atoms with Crippen LogP contribution in [0.3, 0.4) is 0 Å². The largest absolute Gasteiger partial charge is 0.481 e. The summed E-state index contributed by atoms with van der Waals surface area (Å²) < 4.78 is 5.18. The van der Waals surface area contributed by atoms with E-state index in [9.17, 15) is 4.79 Å². The predicted molar refractivity (Wildman–Crippen MR) is 63.1 cm³/mol. The first-order valence-electron chi connectivity index (χ1n) is 5.06. The highest BCUT2D eigenvalue weighted by atomic mass is 16.5. The van der Waals surface area contributed by atoms with Crippen molar-refractivity contribution < 1.29 is 14.6 Å². The van der Waals surface area contributed by atoms with Crippen LogP contribution >= 0.6 is 0 Å². The number of benzene rings is 1. The Morgan fingerprint density at radius 2 is 2.35 bits per heavy atom. The Morgan fingerprint density at radius 1 is 1.59 bits per heavy atom. The van der Waals surface area contributed by atoms with E-state index in [1.165, 1.54) is 0 Å². The maximum absolute atomic E-state index is 10.5. The van der Waals surface area contributed by atoms with Gasteiger partial charge in [-0.3, -0.25) is 0 Å². The Bertz CT molecular complexity index is 520. The SMILES string of the molecule is C=C1Cc2cccc(OCC(=O)O)c2C(N)=N1. The maximum Gasteiger partial charge on any atom is 0.341 e. The standard InChI is InChI=1S/C12H12N2O3/c1-7-5-8-3-2-4-9(17-6-10(15)16)11(8)12(13)14-7/h2-4H,1,5-6H2,(H2,13,14)(H,15,16). The number of hydrogen-bond donors (Lipinski definition) is 2. The van der Waals surface area contributed by atoms with Crippen LogP contribution < -0.4 is 10.5 Å². The second kappa shape index (κ2) is 4.29. The molecule has 0 aromatic heterocycles. The third-order valence-corrected chi connectivity index (χ3v) is 2.39. The van der Waals surface area contributed by atoms with Crippen molar-refractivity contribution in [1.82, 2.24) is 0 Å². The number of allylic oxidation sites excluding steroid dienone is 1. The van der Waals surface area contributed by atoms with Gasteiger partial charge in [-0.2, -0.15) is 0 Å². The van der Waals surface area contributed by atoms with Crippen LogP contribution in [0.2, 0.25) is 0 Å². The average Bonchev–Trinajstić information content (AvgIpc) is 2.25.